The maximum Gasteiger partial charge on any atom is 0.129 e. The molecule has 0 amide bonds. The zero-order valence-electron chi connectivity index (χ0n) is 18.0. The summed E-state index contributed by atoms with van der Waals surface area (Å²) in [7, 11) is 1.71. The van der Waals surface area contributed by atoms with Crippen molar-refractivity contribution in [2.75, 3.05) is 56.3 Å². The van der Waals surface area contributed by atoms with Gasteiger partial charge in [-0.1, -0.05) is 0 Å². The Morgan fingerprint density at radius 3 is 2.71 bits per heavy atom. The molecule has 1 saturated heterocycles. The monoisotopic (exact) mass is 436 g/mol. The van der Waals surface area contributed by atoms with Crippen LogP contribution < -0.4 is 20.3 Å². The molecule has 1 aromatic carbocycles. The van der Waals surface area contributed by atoms with Gasteiger partial charge in [0.25, 0.3) is 0 Å². The second kappa shape index (κ2) is 10.5. The van der Waals surface area contributed by atoms with Crippen molar-refractivity contribution in [2.24, 2.45) is 0 Å². The molecule has 8 heteroatoms. The molecule has 1 aliphatic heterocycles. The van der Waals surface area contributed by atoms with Gasteiger partial charge >= 0.3 is 0 Å². The fraction of sp³-hybridized carbons (Fsp3) is 0.348. The number of hydrogen-bond donors (Lipinski definition) is 2. The Balaban J connectivity index is 1.39. The lowest BCUT2D eigenvalue weighted by atomic mass is 10.1. The van der Waals surface area contributed by atoms with E-state index in [2.05, 4.69) is 61.0 Å². The van der Waals surface area contributed by atoms with Crippen LogP contribution in [-0.2, 0) is 6.42 Å². The molecule has 1 fully saturated rings. The Labute approximate surface area is 187 Å². The van der Waals surface area contributed by atoms with Crippen LogP contribution in [0.2, 0.25) is 0 Å². The van der Waals surface area contributed by atoms with Crippen LogP contribution in [0.25, 0.3) is 11.3 Å². The standard InChI is InChI=1S/C23H28N6OS/c1-30-21-5-4-19(31-2)13-17(21)7-8-25-22-14-20(27-16-28-22)18-3-6-23(26-15-18)29-11-9-24-10-12-29/h3-6,13-16,24H,7-12H2,1-2H3,(H,25,27,28). The third-order valence-electron chi connectivity index (χ3n) is 5.34. The van der Waals surface area contributed by atoms with Gasteiger partial charge in [0.05, 0.1) is 12.8 Å². The summed E-state index contributed by atoms with van der Waals surface area (Å²) in [6.07, 6.45) is 6.41. The highest BCUT2D eigenvalue weighted by atomic mass is 32.2. The molecule has 0 radical (unpaired) electrons. The van der Waals surface area contributed by atoms with Gasteiger partial charge in [0, 0.05) is 55.4 Å². The van der Waals surface area contributed by atoms with Crippen molar-refractivity contribution >= 4 is 23.4 Å². The third kappa shape index (κ3) is 5.45. The molecule has 7 nitrogen and oxygen atoms in total. The number of ether oxygens (including phenoxy) is 1. The van der Waals surface area contributed by atoms with E-state index in [0.29, 0.717) is 0 Å². The first-order valence-electron chi connectivity index (χ1n) is 10.5. The maximum absolute atomic E-state index is 5.50. The first kappa shape index (κ1) is 21.4. The number of nitrogens with one attached hydrogen (secondary N) is 2. The predicted octanol–water partition coefficient (Wildman–Crippen LogP) is 3.33. The topological polar surface area (TPSA) is 75.2 Å². The minimum absolute atomic E-state index is 0.755. The Morgan fingerprint density at radius 2 is 1.97 bits per heavy atom. The molecule has 162 valence electrons. The van der Waals surface area contributed by atoms with Gasteiger partial charge in [-0.2, -0.15) is 0 Å². The zero-order chi connectivity index (χ0) is 21.5. The molecule has 0 aliphatic carbocycles. The number of rotatable bonds is 8. The Kier molecular flexibility index (Phi) is 7.22. The van der Waals surface area contributed by atoms with Crippen LogP contribution in [0.4, 0.5) is 11.6 Å². The van der Waals surface area contributed by atoms with Crippen molar-refractivity contribution in [1.82, 2.24) is 20.3 Å². The number of piperazine rings is 1. The van der Waals surface area contributed by atoms with Gasteiger partial charge in [0.15, 0.2) is 0 Å². The molecule has 1 aliphatic rings. The maximum atomic E-state index is 5.50. The molecule has 0 unspecified atom stereocenters. The molecule has 2 aromatic heterocycles. The first-order chi connectivity index (χ1) is 15.3. The first-order valence-corrected chi connectivity index (χ1v) is 11.7. The Morgan fingerprint density at radius 1 is 1.10 bits per heavy atom. The highest BCUT2D eigenvalue weighted by molar-refractivity contribution is 7.98. The van der Waals surface area contributed by atoms with Crippen molar-refractivity contribution in [3.05, 3.63) is 54.5 Å². The number of thioether (sulfide) groups is 1. The van der Waals surface area contributed by atoms with E-state index >= 15 is 0 Å². The number of aromatic nitrogens is 3. The molecule has 0 atom stereocenters. The van der Waals surface area contributed by atoms with E-state index in [1.54, 1.807) is 25.2 Å². The van der Waals surface area contributed by atoms with E-state index in [-0.39, 0.29) is 0 Å². The van der Waals surface area contributed by atoms with Crippen LogP contribution in [0.15, 0.2) is 53.8 Å². The highest BCUT2D eigenvalue weighted by Crippen LogP contribution is 2.25. The van der Waals surface area contributed by atoms with Gasteiger partial charge in [-0.15, -0.1) is 11.8 Å². The van der Waals surface area contributed by atoms with Gasteiger partial charge in [0.2, 0.25) is 0 Å². The van der Waals surface area contributed by atoms with Crippen molar-refractivity contribution in [3.8, 4) is 17.0 Å². The van der Waals surface area contributed by atoms with E-state index in [4.69, 9.17) is 4.74 Å². The van der Waals surface area contributed by atoms with Gasteiger partial charge in [-0.3, -0.25) is 0 Å². The number of anilines is 2. The molecule has 0 bridgehead atoms. The van der Waals surface area contributed by atoms with E-state index in [0.717, 1.165) is 67.8 Å². The fourth-order valence-electron chi connectivity index (χ4n) is 3.63. The number of benzene rings is 1. The number of pyridine rings is 1. The molecule has 4 rings (SSSR count). The van der Waals surface area contributed by atoms with Crippen LogP contribution in [0.5, 0.6) is 5.75 Å². The summed E-state index contributed by atoms with van der Waals surface area (Å²) < 4.78 is 5.50. The highest BCUT2D eigenvalue weighted by Gasteiger charge is 2.12. The molecule has 0 spiro atoms. The summed E-state index contributed by atoms with van der Waals surface area (Å²) in [4.78, 5) is 17.0. The minimum Gasteiger partial charge on any atom is -0.496 e. The Bertz CT molecular complexity index is 992. The summed E-state index contributed by atoms with van der Waals surface area (Å²) in [5, 5.41) is 6.77. The summed E-state index contributed by atoms with van der Waals surface area (Å²) in [6.45, 7) is 4.72. The van der Waals surface area contributed by atoms with Crippen LogP contribution in [-0.4, -0.2) is 61.0 Å². The molecule has 31 heavy (non-hydrogen) atoms. The smallest absolute Gasteiger partial charge is 0.129 e. The van der Waals surface area contributed by atoms with Crippen molar-refractivity contribution in [2.45, 2.75) is 11.3 Å². The van der Waals surface area contributed by atoms with Crippen LogP contribution in [0, 0.1) is 0 Å². The quantitative estimate of drug-likeness (QED) is 0.521. The predicted molar refractivity (Wildman–Crippen MR) is 127 cm³/mol. The molecular weight excluding hydrogens is 408 g/mol. The van der Waals surface area contributed by atoms with Crippen molar-refractivity contribution < 1.29 is 4.74 Å². The minimum atomic E-state index is 0.755. The van der Waals surface area contributed by atoms with Crippen LogP contribution in [0.1, 0.15) is 5.56 Å². The van der Waals surface area contributed by atoms with Crippen molar-refractivity contribution in [3.63, 3.8) is 0 Å². The van der Waals surface area contributed by atoms with E-state index in [9.17, 15) is 0 Å². The zero-order valence-corrected chi connectivity index (χ0v) is 18.8. The van der Waals surface area contributed by atoms with E-state index in [1.807, 2.05) is 18.3 Å². The van der Waals surface area contributed by atoms with Gasteiger partial charge in [-0.05, 0) is 48.6 Å². The molecule has 3 aromatic rings. The van der Waals surface area contributed by atoms with E-state index < -0.39 is 0 Å². The second-order valence-electron chi connectivity index (χ2n) is 7.29. The Hall–Kier alpha value is -2.84. The number of hydrogen-bond acceptors (Lipinski definition) is 8. The average molecular weight is 437 g/mol. The summed E-state index contributed by atoms with van der Waals surface area (Å²) in [5.41, 5.74) is 3.03. The lowest BCUT2D eigenvalue weighted by Gasteiger charge is -2.28. The van der Waals surface area contributed by atoms with Gasteiger partial charge in [-0.25, -0.2) is 15.0 Å². The molecule has 0 saturated carbocycles. The lowest BCUT2D eigenvalue weighted by molar-refractivity contribution is 0.409. The summed E-state index contributed by atoms with van der Waals surface area (Å²) >= 11 is 1.73. The van der Waals surface area contributed by atoms with Crippen LogP contribution >= 0.6 is 11.8 Å². The number of methoxy groups -OCH3 is 1. The molecule has 3 heterocycles. The molecule has 2 N–H and O–H groups in total. The third-order valence-corrected chi connectivity index (χ3v) is 6.07. The van der Waals surface area contributed by atoms with Gasteiger partial charge < -0.3 is 20.3 Å². The van der Waals surface area contributed by atoms with Gasteiger partial charge in [0.1, 0.15) is 23.7 Å². The van der Waals surface area contributed by atoms with Crippen molar-refractivity contribution in [1.29, 1.82) is 0 Å². The lowest BCUT2D eigenvalue weighted by Crippen LogP contribution is -2.43. The second-order valence-corrected chi connectivity index (χ2v) is 8.16. The normalized spacial score (nSPS) is 13.8. The summed E-state index contributed by atoms with van der Waals surface area (Å²) in [5.74, 6) is 2.73. The largest absolute Gasteiger partial charge is 0.496 e. The summed E-state index contributed by atoms with van der Waals surface area (Å²) in [6, 6.07) is 12.4. The average Bonchev–Trinajstić information content (AvgIpc) is 2.85. The number of nitrogens with zero attached hydrogens (tertiary/aromatic N) is 4. The fourth-order valence-corrected chi connectivity index (χ4v) is 4.10. The molecular formula is C23H28N6OS. The van der Waals surface area contributed by atoms with Crippen LogP contribution in [0.3, 0.4) is 0 Å². The SMILES string of the molecule is COc1ccc(SC)cc1CCNc1cc(-c2ccc(N3CCNCC3)nc2)ncn1. The van der Waals surface area contributed by atoms with E-state index in [1.165, 1.54) is 10.5 Å².